The Morgan fingerprint density at radius 1 is 0.886 bits per heavy atom. The maximum absolute atomic E-state index is 13.5. The van der Waals surface area contributed by atoms with Crippen LogP contribution in [0.4, 0.5) is 0 Å². The zero-order valence-electron chi connectivity index (χ0n) is 20.0. The standard InChI is InChI=1S/C27H29BrN2O5/c1-29-27(32)25(13-19-7-5-4-6-8-19)30(17-20-9-11-21(28)12-10-20)26(31)18-35-24-15-22(33-2)14-23(16-24)34-3/h4-12,14-16,25H,13,17-18H2,1-3H3,(H,29,32). The van der Waals surface area contributed by atoms with Gasteiger partial charge in [-0.2, -0.15) is 0 Å². The van der Waals surface area contributed by atoms with E-state index in [4.69, 9.17) is 14.2 Å². The van der Waals surface area contributed by atoms with Crippen LogP contribution >= 0.6 is 15.9 Å². The summed E-state index contributed by atoms with van der Waals surface area (Å²) in [6.07, 6.45) is 0.371. The largest absolute Gasteiger partial charge is 0.496 e. The van der Waals surface area contributed by atoms with E-state index in [0.29, 0.717) is 23.7 Å². The zero-order chi connectivity index (χ0) is 25.2. The molecular formula is C27H29BrN2O5. The SMILES string of the molecule is CNC(=O)C(Cc1ccccc1)N(Cc1ccc(Br)cc1)C(=O)COc1cc(OC)cc(OC)c1. The Labute approximate surface area is 214 Å². The van der Waals surface area contributed by atoms with Gasteiger partial charge in [0.05, 0.1) is 14.2 Å². The molecule has 7 nitrogen and oxygen atoms in total. The normalized spacial score (nSPS) is 11.3. The molecular weight excluding hydrogens is 512 g/mol. The molecule has 1 N–H and O–H groups in total. The highest BCUT2D eigenvalue weighted by atomic mass is 79.9. The van der Waals surface area contributed by atoms with Gasteiger partial charge in [-0.05, 0) is 23.3 Å². The maximum Gasteiger partial charge on any atom is 0.261 e. The van der Waals surface area contributed by atoms with Gasteiger partial charge in [-0.15, -0.1) is 0 Å². The molecule has 3 rings (SSSR count). The number of hydrogen-bond donors (Lipinski definition) is 1. The van der Waals surface area contributed by atoms with Gasteiger partial charge in [0.25, 0.3) is 5.91 Å². The van der Waals surface area contributed by atoms with E-state index in [1.165, 1.54) is 0 Å². The molecule has 0 saturated heterocycles. The molecule has 3 aromatic carbocycles. The Morgan fingerprint density at radius 2 is 1.49 bits per heavy atom. The number of halogens is 1. The predicted octanol–water partition coefficient (Wildman–Crippen LogP) is 4.23. The van der Waals surface area contributed by atoms with Gasteiger partial charge >= 0.3 is 0 Å². The van der Waals surface area contributed by atoms with E-state index < -0.39 is 6.04 Å². The van der Waals surface area contributed by atoms with Crippen LogP contribution in [0.15, 0.2) is 77.3 Å². The van der Waals surface area contributed by atoms with Crippen LogP contribution in [0.2, 0.25) is 0 Å². The minimum atomic E-state index is -0.720. The summed E-state index contributed by atoms with van der Waals surface area (Å²) in [5.41, 5.74) is 1.85. The van der Waals surface area contributed by atoms with Gasteiger partial charge in [0.15, 0.2) is 6.61 Å². The zero-order valence-corrected chi connectivity index (χ0v) is 21.6. The summed E-state index contributed by atoms with van der Waals surface area (Å²) in [4.78, 5) is 28.0. The van der Waals surface area contributed by atoms with Gasteiger partial charge < -0.3 is 24.4 Å². The average Bonchev–Trinajstić information content (AvgIpc) is 2.90. The molecule has 0 aliphatic heterocycles. The number of ether oxygens (including phenoxy) is 3. The van der Waals surface area contributed by atoms with Crippen molar-refractivity contribution in [2.75, 3.05) is 27.9 Å². The smallest absolute Gasteiger partial charge is 0.261 e. The van der Waals surface area contributed by atoms with Crippen LogP contribution in [0, 0.1) is 0 Å². The van der Waals surface area contributed by atoms with E-state index in [9.17, 15) is 9.59 Å². The Hall–Kier alpha value is -3.52. The highest BCUT2D eigenvalue weighted by Crippen LogP contribution is 2.27. The molecule has 0 heterocycles. The lowest BCUT2D eigenvalue weighted by molar-refractivity contribution is -0.142. The Morgan fingerprint density at radius 3 is 2.06 bits per heavy atom. The van der Waals surface area contributed by atoms with Crippen LogP contribution in [0.3, 0.4) is 0 Å². The lowest BCUT2D eigenvalue weighted by Crippen LogP contribution is -2.51. The van der Waals surface area contributed by atoms with Gasteiger partial charge in [-0.25, -0.2) is 0 Å². The lowest BCUT2D eigenvalue weighted by atomic mass is 10.0. The van der Waals surface area contributed by atoms with Gasteiger partial charge in [0.1, 0.15) is 23.3 Å². The van der Waals surface area contributed by atoms with Crippen LogP contribution in [-0.4, -0.2) is 50.6 Å². The molecule has 1 atom stereocenters. The van der Waals surface area contributed by atoms with Crippen molar-refractivity contribution in [2.24, 2.45) is 0 Å². The first-order chi connectivity index (χ1) is 16.9. The van der Waals surface area contributed by atoms with Crippen LogP contribution in [0.1, 0.15) is 11.1 Å². The average molecular weight is 541 g/mol. The number of benzene rings is 3. The summed E-state index contributed by atoms with van der Waals surface area (Å²) >= 11 is 3.44. The second kappa shape index (κ2) is 12.8. The first-order valence-corrected chi connectivity index (χ1v) is 11.9. The van der Waals surface area contributed by atoms with E-state index in [1.54, 1.807) is 44.4 Å². The van der Waals surface area contributed by atoms with Crippen molar-refractivity contribution in [3.05, 3.63) is 88.4 Å². The van der Waals surface area contributed by atoms with Crippen molar-refractivity contribution in [3.63, 3.8) is 0 Å². The van der Waals surface area contributed by atoms with Crippen LogP contribution < -0.4 is 19.5 Å². The third-order valence-electron chi connectivity index (χ3n) is 5.47. The second-order valence-corrected chi connectivity index (χ2v) is 8.72. The molecule has 2 amide bonds. The van der Waals surface area contributed by atoms with Crippen molar-refractivity contribution >= 4 is 27.7 Å². The van der Waals surface area contributed by atoms with Gasteiger partial charge in [0.2, 0.25) is 5.91 Å². The Kier molecular flexibility index (Phi) is 9.55. The van der Waals surface area contributed by atoms with Crippen molar-refractivity contribution < 1.29 is 23.8 Å². The molecule has 35 heavy (non-hydrogen) atoms. The highest BCUT2D eigenvalue weighted by molar-refractivity contribution is 9.10. The molecule has 0 fully saturated rings. The maximum atomic E-state index is 13.5. The van der Waals surface area contributed by atoms with E-state index in [1.807, 2.05) is 54.6 Å². The third kappa shape index (κ3) is 7.48. The second-order valence-electron chi connectivity index (χ2n) is 7.80. The first-order valence-electron chi connectivity index (χ1n) is 11.1. The fourth-order valence-corrected chi connectivity index (χ4v) is 3.86. The number of nitrogens with zero attached hydrogens (tertiary/aromatic N) is 1. The number of likely N-dealkylation sites (N-methyl/N-ethyl adjacent to an activating group) is 1. The minimum Gasteiger partial charge on any atom is -0.496 e. The number of carbonyl (C=O) groups excluding carboxylic acids is 2. The molecule has 8 heteroatoms. The molecule has 0 bridgehead atoms. The number of hydrogen-bond acceptors (Lipinski definition) is 5. The molecule has 0 radical (unpaired) electrons. The summed E-state index contributed by atoms with van der Waals surface area (Å²) in [7, 11) is 4.66. The lowest BCUT2D eigenvalue weighted by Gasteiger charge is -2.31. The quantitative estimate of drug-likeness (QED) is 0.393. The minimum absolute atomic E-state index is 0.248. The summed E-state index contributed by atoms with van der Waals surface area (Å²) in [5.74, 6) is 0.955. The molecule has 0 spiro atoms. The fraction of sp³-hybridized carbons (Fsp3) is 0.259. The molecule has 0 aliphatic rings. The van der Waals surface area contributed by atoms with E-state index >= 15 is 0 Å². The van der Waals surface area contributed by atoms with Crippen LogP contribution in [-0.2, 0) is 22.6 Å². The summed E-state index contributed by atoms with van der Waals surface area (Å²) in [5, 5.41) is 2.71. The number of amides is 2. The monoisotopic (exact) mass is 540 g/mol. The molecule has 0 saturated carbocycles. The van der Waals surface area contributed by atoms with E-state index in [0.717, 1.165) is 15.6 Å². The molecule has 184 valence electrons. The summed E-state index contributed by atoms with van der Waals surface area (Å²) in [6, 6.07) is 21.6. The predicted molar refractivity (Wildman–Crippen MR) is 138 cm³/mol. The van der Waals surface area contributed by atoms with Gasteiger partial charge in [-0.3, -0.25) is 9.59 Å². The molecule has 0 aliphatic carbocycles. The van der Waals surface area contributed by atoms with Crippen LogP contribution in [0.5, 0.6) is 17.2 Å². The van der Waals surface area contributed by atoms with Crippen LogP contribution in [0.25, 0.3) is 0 Å². The molecule has 1 unspecified atom stereocenters. The third-order valence-corrected chi connectivity index (χ3v) is 6.00. The van der Waals surface area contributed by atoms with Crippen molar-refractivity contribution in [1.29, 1.82) is 0 Å². The first kappa shape index (κ1) is 26.1. The van der Waals surface area contributed by atoms with E-state index in [2.05, 4.69) is 21.2 Å². The summed E-state index contributed by atoms with van der Waals surface area (Å²) in [6.45, 7) is -0.00302. The van der Waals surface area contributed by atoms with Crippen molar-refractivity contribution in [3.8, 4) is 17.2 Å². The fourth-order valence-electron chi connectivity index (χ4n) is 3.60. The van der Waals surface area contributed by atoms with Crippen molar-refractivity contribution in [2.45, 2.75) is 19.0 Å². The highest BCUT2D eigenvalue weighted by Gasteiger charge is 2.30. The summed E-state index contributed by atoms with van der Waals surface area (Å²) < 4.78 is 17.3. The topological polar surface area (TPSA) is 77.1 Å². The molecule has 3 aromatic rings. The number of nitrogens with one attached hydrogen (secondary N) is 1. The Balaban J connectivity index is 1.87. The number of methoxy groups -OCH3 is 2. The van der Waals surface area contributed by atoms with E-state index in [-0.39, 0.29) is 25.0 Å². The Bertz CT molecular complexity index is 1100. The van der Waals surface area contributed by atoms with Gasteiger partial charge in [-0.1, -0.05) is 58.4 Å². The van der Waals surface area contributed by atoms with Crippen molar-refractivity contribution in [1.82, 2.24) is 10.2 Å². The number of rotatable bonds is 11. The number of carbonyl (C=O) groups is 2. The molecule has 0 aromatic heterocycles. The van der Waals surface area contributed by atoms with Gasteiger partial charge in [0, 0.05) is 42.7 Å².